The third kappa shape index (κ3) is 73.2. The quantitative estimate of drug-likeness (QED) is 0.0195. The van der Waals surface area contributed by atoms with E-state index in [-0.39, 0.29) is 32.2 Å². The van der Waals surface area contributed by atoms with Gasteiger partial charge in [0.2, 0.25) is 0 Å². The van der Waals surface area contributed by atoms with E-state index in [2.05, 4.69) is 38.2 Å². The molecule has 0 aromatic rings. The summed E-state index contributed by atoms with van der Waals surface area (Å²) in [5, 5.41) is 11.8. The Bertz CT molecular complexity index is 1530. The van der Waals surface area contributed by atoms with Crippen LogP contribution < -0.4 is 5.11 Å². The standard InChI is InChI=1S/C81H155NO8/c1-6-8-10-12-14-16-18-20-22-24-26-28-30-32-34-35-36-37-38-39-40-41-42-43-44-46-47-49-51-53-55-57-59-61-63-65-67-69-71-78(83)88-75-77(76-89-81(80(85)86)87-74-73-82(3,4)5)90-79(84)72-70-68-66-64-62-60-58-56-54-52-50-48-45-33-31-29-27-25-23-21-19-17-15-13-11-9-7-2/h19,21,25,27,77,81H,6-18,20,22-24,26,28-76H2,1-5H3/b21-19-,27-25-. The fourth-order valence-electron chi connectivity index (χ4n) is 12.3. The van der Waals surface area contributed by atoms with E-state index in [9.17, 15) is 19.5 Å². The molecule has 0 fully saturated rings. The second-order valence-electron chi connectivity index (χ2n) is 28.7. The molecule has 9 nitrogen and oxygen atoms in total. The molecule has 0 heterocycles. The lowest BCUT2D eigenvalue weighted by atomic mass is 10.0. The van der Waals surface area contributed by atoms with Gasteiger partial charge in [-0.3, -0.25) is 9.59 Å². The van der Waals surface area contributed by atoms with Crippen molar-refractivity contribution in [2.24, 2.45) is 0 Å². The van der Waals surface area contributed by atoms with Crippen LogP contribution in [-0.2, 0) is 33.3 Å². The maximum Gasteiger partial charge on any atom is 0.306 e. The molecule has 0 aliphatic rings. The van der Waals surface area contributed by atoms with Gasteiger partial charge in [0.15, 0.2) is 12.4 Å². The number of quaternary nitrogens is 1. The molecule has 0 aliphatic carbocycles. The van der Waals surface area contributed by atoms with E-state index in [1.54, 1.807) is 0 Å². The van der Waals surface area contributed by atoms with Crippen LogP contribution in [0.4, 0.5) is 0 Å². The van der Waals surface area contributed by atoms with Gasteiger partial charge < -0.3 is 33.3 Å². The zero-order chi connectivity index (χ0) is 65.4. The van der Waals surface area contributed by atoms with Crippen molar-refractivity contribution in [3.63, 3.8) is 0 Å². The molecule has 90 heavy (non-hydrogen) atoms. The van der Waals surface area contributed by atoms with Crippen LogP contribution >= 0.6 is 0 Å². The minimum Gasteiger partial charge on any atom is -0.545 e. The third-order valence-electron chi connectivity index (χ3n) is 18.5. The Kier molecular flexibility index (Phi) is 70.8. The average Bonchev–Trinajstić information content (AvgIpc) is 3.74. The van der Waals surface area contributed by atoms with E-state index < -0.39 is 24.3 Å². The Labute approximate surface area is 560 Å². The predicted molar refractivity (Wildman–Crippen MR) is 385 cm³/mol. The van der Waals surface area contributed by atoms with Crippen molar-refractivity contribution in [1.82, 2.24) is 0 Å². The summed E-state index contributed by atoms with van der Waals surface area (Å²) in [6.07, 6.45) is 88.8. The summed E-state index contributed by atoms with van der Waals surface area (Å²) < 4.78 is 22.9. The number of hydrogen-bond acceptors (Lipinski definition) is 8. The zero-order valence-electron chi connectivity index (χ0n) is 61.1. The Morgan fingerprint density at radius 2 is 0.600 bits per heavy atom. The lowest BCUT2D eigenvalue weighted by Crippen LogP contribution is -2.44. The van der Waals surface area contributed by atoms with Gasteiger partial charge in [0.1, 0.15) is 13.2 Å². The molecule has 532 valence electrons. The van der Waals surface area contributed by atoms with Crippen LogP contribution in [0.5, 0.6) is 0 Å². The topological polar surface area (TPSA) is 111 Å². The van der Waals surface area contributed by atoms with Gasteiger partial charge in [-0.1, -0.05) is 385 Å². The van der Waals surface area contributed by atoms with Crippen molar-refractivity contribution in [3.8, 4) is 0 Å². The van der Waals surface area contributed by atoms with E-state index in [1.807, 2.05) is 21.1 Å². The van der Waals surface area contributed by atoms with Gasteiger partial charge in [-0.05, 0) is 44.9 Å². The van der Waals surface area contributed by atoms with Crippen molar-refractivity contribution in [2.75, 3.05) is 47.5 Å². The van der Waals surface area contributed by atoms with Crippen molar-refractivity contribution >= 4 is 17.9 Å². The summed E-state index contributed by atoms with van der Waals surface area (Å²) in [7, 11) is 5.95. The molecule has 0 saturated carbocycles. The number of hydrogen-bond donors (Lipinski definition) is 0. The highest BCUT2D eigenvalue weighted by Gasteiger charge is 2.22. The fourth-order valence-corrected chi connectivity index (χ4v) is 12.3. The molecular weight excluding hydrogens is 1110 g/mol. The summed E-state index contributed by atoms with van der Waals surface area (Å²) >= 11 is 0. The van der Waals surface area contributed by atoms with Gasteiger partial charge in [0, 0.05) is 12.8 Å². The highest BCUT2D eigenvalue weighted by atomic mass is 16.7. The Morgan fingerprint density at radius 1 is 0.333 bits per heavy atom. The summed E-state index contributed by atoms with van der Waals surface area (Å²) in [5.41, 5.74) is 0. The molecule has 0 saturated heterocycles. The van der Waals surface area contributed by atoms with Crippen LogP contribution in [-0.4, -0.2) is 82.3 Å². The number of carbonyl (C=O) groups is 3. The van der Waals surface area contributed by atoms with E-state index in [1.165, 1.54) is 347 Å². The van der Waals surface area contributed by atoms with Crippen molar-refractivity contribution in [2.45, 2.75) is 431 Å². The van der Waals surface area contributed by atoms with Crippen molar-refractivity contribution in [1.29, 1.82) is 0 Å². The molecule has 0 aromatic carbocycles. The Morgan fingerprint density at radius 3 is 0.878 bits per heavy atom. The van der Waals surface area contributed by atoms with Gasteiger partial charge in [-0.15, -0.1) is 0 Å². The first kappa shape index (κ1) is 87.8. The number of likely N-dealkylation sites (N-methyl/N-ethyl adjacent to an activating group) is 1. The maximum absolute atomic E-state index is 13.0. The molecule has 0 N–H and O–H groups in total. The smallest absolute Gasteiger partial charge is 0.306 e. The van der Waals surface area contributed by atoms with E-state index >= 15 is 0 Å². The normalized spacial score (nSPS) is 12.7. The summed E-state index contributed by atoms with van der Waals surface area (Å²) in [5.74, 6) is -2.25. The molecule has 2 unspecified atom stereocenters. The van der Waals surface area contributed by atoms with E-state index in [4.69, 9.17) is 18.9 Å². The number of allylic oxidation sites excluding steroid dienone is 4. The third-order valence-corrected chi connectivity index (χ3v) is 18.5. The van der Waals surface area contributed by atoms with Gasteiger partial charge in [-0.25, -0.2) is 0 Å². The molecule has 9 heteroatoms. The zero-order valence-corrected chi connectivity index (χ0v) is 61.1. The van der Waals surface area contributed by atoms with Crippen LogP contribution in [0.25, 0.3) is 0 Å². The molecular formula is C81H155NO8. The van der Waals surface area contributed by atoms with Crippen LogP contribution in [0.15, 0.2) is 24.3 Å². The molecule has 0 aromatic heterocycles. The second-order valence-corrected chi connectivity index (χ2v) is 28.7. The first-order valence-corrected chi connectivity index (χ1v) is 40.0. The van der Waals surface area contributed by atoms with Gasteiger partial charge >= 0.3 is 11.9 Å². The highest BCUT2D eigenvalue weighted by Crippen LogP contribution is 2.20. The SMILES string of the molecule is CCCCCCC/C=C\C/C=C\CCCCCCCCCCCCCCCCCC(=O)OC(COC(=O)CCCCCCCCCCCCCCCCCCCCCCCCCCCCCCCCCCCCCCCC)COC(OCC[N+](C)(C)C)C(=O)[O-]. The number of unbranched alkanes of at least 4 members (excludes halogenated alkanes) is 57. The Hall–Kier alpha value is -2.23. The molecule has 0 radical (unpaired) electrons. The molecule has 0 bridgehead atoms. The first-order chi connectivity index (χ1) is 44.1. The second kappa shape index (κ2) is 72.6. The van der Waals surface area contributed by atoms with E-state index in [0.717, 1.165) is 44.9 Å². The number of ether oxygens (including phenoxy) is 4. The monoisotopic (exact) mass is 1270 g/mol. The number of carboxylic acids is 1. The number of aliphatic carboxylic acids is 1. The molecule has 2 atom stereocenters. The van der Waals surface area contributed by atoms with Crippen LogP contribution in [0.3, 0.4) is 0 Å². The van der Waals surface area contributed by atoms with Gasteiger partial charge in [0.05, 0.1) is 40.3 Å². The summed E-state index contributed by atoms with van der Waals surface area (Å²) in [6, 6.07) is 0. The molecule has 0 amide bonds. The molecule has 0 spiro atoms. The molecule has 0 aliphatic heterocycles. The number of carbonyl (C=O) groups excluding carboxylic acids is 3. The van der Waals surface area contributed by atoms with Gasteiger partial charge in [0.25, 0.3) is 0 Å². The average molecular weight is 1270 g/mol. The number of rotatable bonds is 76. The number of carboxylic acid groups (broad SMARTS) is 1. The van der Waals surface area contributed by atoms with Crippen molar-refractivity contribution in [3.05, 3.63) is 24.3 Å². The minimum atomic E-state index is -1.62. The lowest BCUT2D eigenvalue weighted by molar-refractivity contribution is -0.870. The van der Waals surface area contributed by atoms with Crippen LogP contribution in [0.1, 0.15) is 418 Å². The first-order valence-electron chi connectivity index (χ1n) is 40.0. The fraction of sp³-hybridized carbons (Fsp3) is 0.914. The minimum absolute atomic E-state index is 0.151. The summed E-state index contributed by atoms with van der Waals surface area (Å²) in [6.45, 7) is 4.82. The predicted octanol–water partition coefficient (Wildman–Crippen LogP) is 24.0. The Balaban J connectivity index is 3.94. The van der Waals surface area contributed by atoms with Crippen LogP contribution in [0.2, 0.25) is 0 Å². The van der Waals surface area contributed by atoms with E-state index in [0.29, 0.717) is 17.4 Å². The molecule has 0 rings (SSSR count). The maximum atomic E-state index is 13.0. The highest BCUT2D eigenvalue weighted by molar-refractivity contribution is 5.70. The van der Waals surface area contributed by atoms with Crippen LogP contribution in [0, 0.1) is 0 Å². The van der Waals surface area contributed by atoms with Crippen molar-refractivity contribution < 1.29 is 42.9 Å². The summed E-state index contributed by atoms with van der Waals surface area (Å²) in [4.78, 5) is 37.6. The van der Waals surface area contributed by atoms with Gasteiger partial charge in [-0.2, -0.15) is 0 Å². The lowest BCUT2D eigenvalue weighted by Gasteiger charge is -2.26. The largest absolute Gasteiger partial charge is 0.545 e. The number of nitrogens with zero attached hydrogens (tertiary/aromatic N) is 1. The number of esters is 2.